The quantitative estimate of drug-likeness (QED) is 0.463. The number of hydrogen-bond acceptors (Lipinski definition) is 6. The van der Waals surface area contributed by atoms with Crippen LogP contribution in [0.25, 0.3) is 11.2 Å². The van der Waals surface area contributed by atoms with E-state index in [2.05, 4.69) is 27.2 Å². The summed E-state index contributed by atoms with van der Waals surface area (Å²) in [4.78, 5) is 30.1. The molecule has 122 valence electrons. The number of hydrogen-bond donors (Lipinski definition) is 3. The number of nitrogens with zero attached hydrogens (tertiary/aromatic N) is 4. The van der Waals surface area contributed by atoms with Gasteiger partial charge in [-0.2, -0.15) is 0 Å². The smallest absolute Gasteiger partial charge is 0.350 e. The van der Waals surface area contributed by atoms with Crippen molar-refractivity contribution in [2.75, 3.05) is 24.8 Å². The highest BCUT2D eigenvalue weighted by Crippen LogP contribution is 2.33. The molecule has 22 heavy (non-hydrogen) atoms. The van der Waals surface area contributed by atoms with Gasteiger partial charge in [-0.1, -0.05) is 13.3 Å². The highest BCUT2D eigenvalue weighted by atomic mass is 31.2. The van der Waals surface area contributed by atoms with Crippen molar-refractivity contribution in [1.29, 1.82) is 0 Å². The molecule has 10 heteroatoms. The van der Waals surface area contributed by atoms with Crippen molar-refractivity contribution >= 4 is 24.6 Å². The zero-order valence-corrected chi connectivity index (χ0v) is 13.2. The monoisotopic (exact) mass is 329 g/mol. The van der Waals surface area contributed by atoms with E-state index in [0.29, 0.717) is 23.5 Å². The van der Waals surface area contributed by atoms with Crippen LogP contribution < -0.4 is 5.32 Å². The minimum atomic E-state index is -4.13. The average Bonchev–Trinajstić information content (AvgIpc) is 2.87. The predicted octanol–water partition coefficient (Wildman–Crippen LogP) is 1.19. The topological polar surface area (TPSA) is 122 Å². The molecule has 0 amide bonds. The standard InChI is InChI=1S/C12H20N5O4P/c1-2-3-4-13-11-10-12(15-7-14-11)17(8-16-10)5-6-21-9-22(18,19)20/h7-8H,2-6,9H2,1H3,(H,13,14,15)(H2,18,19,20). The molecule has 0 unspecified atom stereocenters. The van der Waals surface area contributed by atoms with Gasteiger partial charge in [-0.15, -0.1) is 0 Å². The van der Waals surface area contributed by atoms with E-state index < -0.39 is 13.9 Å². The molecule has 0 saturated heterocycles. The van der Waals surface area contributed by atoms with Gasteiger partial charge in [0.2, 0.25) is 0 Å². The van der Waals surface area contributed by atoms with E-state index in [-0.39, 0.29) is 6.61 Å². The Bertz CT molecular complexity index is 656. The average molecular weight is 329 g/mol. The minimum absolute atomic E-state index is 0.166. The van der Waals surface area contributed by atoms with E-state index >= 15 is 0 Å². The third-order valence-electron chi connectivity index (χ3n) is 2.96. The molecule has 0 bridgehead atoms. The van der Waals surface area contributed by atoms with Gasteiger partial charge in [0.1, 0.15) is 18.2 Å². The van der Waals surface area contributed by atoms with Crippen molar-refractivity contribution < 1.29 is 19.1 Å². The first-order chi connectivity index (χ1) is 10.5. The lowest BCUT2D eigenvalue weighted by molar-refractivity contribution is 0.149. The summed E-state index contributed by atoms with van der Waals surface area (Å²) in [5.74, 6) is 0.688. The Morgan fingerprint density at radius 3 is 2.91 bits per heavy atom. The first-order valence-electron chi connectivity index (χ1n) is 7.03. The molecule has 0 spiro atoms. The molecular weight excluding hydrogens is 309 g/mol. The summed E-state index contributed by atoms with van der Waals surface area (Å²) in [6.45, 7) is 3.51. The zero-order valence-electron chi connectivity index (χ0n) is 12.3. The summed E-state index contributed by atoms with van der Waals surface area (Å²) < 4.78 is 17.4. The van der Waals surface area contributed by atoms with E-state index in [1.807, 2.05) is 0 Å². The number of rotatable bonds is 9. The van der Waals surface area contributed by atoms with Gasteiger partial charge in [-0.05, 0) is 6.42 Å². The number of fused-ring (bicyclic) bond motifs is 1. The Balaban J connectivity index is 2.00. The molecule has 0 aliphatic heterocycles. The van der Waals surface area contributed by atoms with Gasteiger partial charge in [-0.3, -0.25) is 4.57 Å². The SMILES string of the molecule is CCCCNc1ncnc2c1ncn2CCOCP(=O)(O)O. The fraction of sp³-hybridized carbons (Fsp3) is 0.583. The summed E-state index contributed by atoms with van der Waals surface area (Å²) >= 11 is 0. The molecule has 2 heterocycles. The maximum Gasteiger partial charge on any atom is 0.350 e. The van der Waals surface area contributed by atoms with Crippen molar-refractivity contribution in [1.82, 2.24) is 19.5 Å². The first kappa shape index (κ1) is 16.8. The van der Waals surface area contributed by atoms with Crippen LogP contribution in [0.15, 0.2) is 12.7 Å². The van der Waals surface area contributed by atoms with Gasteiger partial charge < -0.3 is 24.4 Å². The molecule has 0 aliphatic carbocycles. The Labute approximate surface area is 127 Å². The fourth-order valence-corrected chi connectivity index (χ4v) is 2.27. The summed E-state index contributed by atoms with van der Waals surface area (Å²) in [7, 11) is -4.13. The number of imidazole rings is 1. The van der Waals surface area contributed by atoms with Gasteiger partial charge in [0, 0.05) is 13.1 Å². The molecule has 3 N–H and O–H groups in total. The number of nitrogens with one attached hydrogen (secondary N) is 1. The minimum Gasteiger partial charge on any atom is -0.368 e. The van der Waals surface area contributed by atoms with Crippen LogP contribution in [0.5, 0.6) is 0 Å². The van der Waals surface area contributed by atoms with E-state index in [9.17, 15) is 4.57 Å². The maximum atomic E-state index is 10.7. The van der Waals surface area contributed by atoms with E-state index in [1.54, 1.807) is 10.9 Å². The summed E-state index contributed by atoms with van der Waals surface area (Å²) in [6.07, 6.45) is 4.63. The van der Waals surface area contributed by atoms with Gasteiger partial charge in [0.05, 0.1) is 12.9 Å². The Hall–Kier alpha value is -1.54. The highest BCUT2D eigenvalue weighted by Gasteiger charge is 2.13. The second kappa shape index (κ2) is 7.64. The highest BCUT2D eigenvalue weighted by molar-refractivity contribution is 7.51. The Kier molecular flexibility index (Phi) is 5.84. The normalized spacial score (nSPS) is 12.0. The molecule has 0 atom stereocenters. The van der Waals surface area contributed by atoms with Crippen LogP contribution in [0.1, 0.15) is 19.8 Å². The van der Waals surface area contributed by atoms with Gasteiger partial charge in [0.25, 0.3) is 0 Å². The first-order valence-corrected chi connectivity index (χ1v) is 8.83. The van der Waals surface area contributed by atoms with Crippen LogP contribution in [0.3, 0.4) is 0 Å². The molecule has 2 aromatic rings. The molecule has 0 aliphatic rings. The lowest BCUT2D eigenvalue weighted by Gasteiger charge is -2.07. The van der Waals surface area contributed by atoms with Gasteiger partial charge in [0.15, 0.2) is 11.5 Å². The lowest BCUT2D eigenvalue weighted by atomic mass is 10.3. The van der Waals surface area contributed by atoms with E-state index in [1.165, 1.54) is 6.33 Å². The van der Waals surface area contributed by atoms with Crippen LogP contribution in [0, 0.1) is 0 Å². The lowest BCUT2D eigenvalue weighted by Crippen LogP contribution is -2.07. The van der Waals surface area contributed by atoms with Crippen LogP contribution in [0.4, 0.5) is 5.82 Å². The summed E-state index contributed by atoms with van der Waals surface area (Å²) in [5, 5.41) is 3.23. The molecule has 2 aromatic heterocycles. The van der Waals surface area contributed by atoms with E-state index in [0.717, 1.165) is 19.4 Å². The largest absolute Gasteiger partial charge is 0.368 e. The van der Waals surface area contributed by atoms with Gasteiger partial charge in [-0.25, -0.2) is 15.0 Å². The van der Waals surface area contributed by atoms with Crippen molar-refractivity contribution in [3.8, 4) is 0 Å². The van der Waals surface area contributed by atoms with Crippen LogP contribution in [-0.2, 0) is 15.8 Å². The molecule has 0 fully saturated rings. The number of anilines is 1. The molecule has 0 saturated carbocycles. The van der Waals surface area contributed by atoms with Crippen molar-refractivity contribution in [3.63, 3.8) is 0 Å². The number of unbranched alkanes of at least 4 members (excludes halogenated alkanes) is 1. The second-order valence-corrected chi connectivity index (χ2v) is 6.40. The third-order valence-corrected chi connectivity index (χ3v) is 3.48. The van der Waals surface area contributed by atoms with Gasteiger partial charge >= 0.3 is 7.60 Å². The molecule has 0 radical (unpaired) electrons. The van der Waals surface area contributed by atoms with Crippen molar-refractivity contribution in [2.45, 2.75) is 26.3 Å². The zero-order chi connectivity index (χ0) is 16.0. The van der Waals surface area contributed by atoms with Crippen LogP contribution in [-0.4, -0.2) is 48.8 Å². The molecule has 9 nitrogen and oxygen atoms in total. The van der Waals surface area contributed by atoms with Crippen LogP contribution >= 0.6 is 7.60 Å². The van der Waals surface area contributed by atoms with Crippen LogP contribution in [0.2, 0.25) is 0 Å². The summed E-state index contributed by atoms with van der Waals surface area (Å²) in [6, 6.07) is 0. The fourth-order valence-electron chi connectivity index (χ4n) is 1.90. The van der Waals surface area contributed by atoms with Crippen molar-refractivity contribution in [2.24, 2.45) is 0 Å². The second-order valence-electron chi connectivity index (χ2n) is 4.81. The Morgan fingerprint density at radius 2 is 2.18 bits per heavy atom. The predicted molar refractivity (Wildman–Crippen MR) is 81.6 cm³/mol. The maximum absolute atomic E-state index is 10.7. The third kappa shape index (κ3) is 4.74. The summed E-state index contributed by atoms with van der Waals surface area (Å²) in [5.41, 5.74) is 1.34. The van der Waals surface area contributed by atoms with E-state index in [4.69, 9.17) is 14.5 Å². The van der Waals surface area contributed by atoms with Crippen molar-refractivity contribution in [3.05, 3.63) is 12.7 Å². The number of aromatic nitrogens is 4. The molecular formula is C12H20N5O4P. The molecule has 0 aromatic carbocycles. The number of ether oxygens (including phenoxy) is 1. The molecule has 2 rings (SSSR count). The Morgan fingerprint density at radius 1 is 1.36 bits per heavy atom.